The molecule has 1 fully saturated rings. The monoisotopic (exact) mass is 450 g/mol. The van der Waals surface area contributed by atoms with Crippen molar-refractivity contribution in [1.82, 2.24) is 4.90 Å². The Kier molecular flexibility index (Phi) is 6.84. The van der Waals surface area contributed by atoms with Gasteiger partial charge in [-0.2, -0.15) is 0 Å². The Morgan fingerprint density at radius 3 is 2.41 bits per heavy atom. The van der Waals surface area contributed by atoms with Crippen molar-refractivity contribution in [3.05, 3.63) is 63.0 Å². The Hall–Kier alpha value is -2.48. The molecule has 0 saturated carbocycles. The summed E-state index contributed by atoms with van der Waals surface area (Å²) in [4.78, 5) is 38.1. The second-order valence-corrected chi connectivity index (χ2v) is 7.72. The van der Waals surface area contributed by atoms with Crippen molar-refractivity contribution >= 4 is 63.8 Å². The summed E-state index contributed by atoms with van der Waals surface area (Å²) in [6.07, 6.45) is 1.46. The number of nitrogens with zero attached hydrogens (tertiary/aromatic N) is 1. The lowest BCUT2D eigenvalue weighted by molar-refractivity contribution is -0.127. The van der Waals surface area contributed by atoms with Crippen molar-refractivity contribution < 1.29 is 19.1 Å². The van der Waals surface area contributed by atoms with Crippen LogP contribution in [0.1, 0.15) is 12.5 Å². The van der Waals surface area contributed by atoms with Gasteiger partial charge in [-0.3, -0.25) is 19.3 Å². The number of hydrogen-bond acceptors (Lipinski definition) is 5. The molecule has 0 aliphatic carbocycles. The second kappa shape index (κ2) is 9.35. The molecule has 0 atom stereocenters. The quantitative estimate of drug-likeness (QED) is 0.621. The van der Waals surface area contributed by atoms with Crippen LogP contribution in [0.25, 0.3) is 6.08 Å². The normalized spacial score (nSPS) is 15.1. The van der Waals surface area contributed by atoms with Gasteiger partial charge in [0.1, 0.15) is 12.3 Å². The molecule has 1 aliphatic rings. The van der Waals surface area contributed by atoms with Gasteiger partial charge in [-0.25, -0.2) is 0 Å². The maximum absolute atomic E-state index is 12.6. The highest BCUT2D eigenvalue weighted by atomic mass is 35.5. The zero-order valence-electron chi connectivity index (χ0n) is 15.3. The van der Waals surface area contributed by atoms with Gasteiger partial charge in [-0.05, 0) is 61.2 Å². The maximum atomic E-state index is 12.6. The molecule has 0 bridgehead atoms. The van der Waals surface area contributed by atoms with E-state index in [2.05, 4.69) is 5.32 Å². The van der Waals surface area contributed by atoms with Crippen LogP contribution in [0.2, 0.25) is 10.0 Å². The summed E-state index contributed by atoms with van der Waals surface area (Å²) >= 11 is 13.0. The number of halogens is 2. The lowest BCUT2D eigenvalue weighted by atomic mass is 10.2. The number of carbonyl (C=O) groups is 3. The molecule has 3 rings (SSSR count). The van der Waals surface area contributed by atoms with Crippen molar-refractivity contribution in [2.45, 2.75) is 6.92 Å². The molecule has 1 heterocycles. The number of ether oxygens (including phenoxy) is 1. The first-order valence-electron chi connectivity index (χ1n) is 8.61. The summed E-state index contributed by atoms with van der Waals surface area (Å²) in [7, 11) is 0. The first-order valence-corrected chi connectivity index (χ1v) is 10.2. The van der Waals surface area contributed by atoms with Gasteiger partial charge >= 0.3 is 0 Å². The van der Waals surface area contributed by atoms with Gasteiger partial charge < -0.3 is 10.1 Å². The van der Waals surface area contributed by atoms with Crippen LogP contribution in [0, 0.1) is 0 Å². The standard InChI is InChI=1S/C20H16Cl2N2O4S/c1-2-28-13-8-6-12(7-9-13)23-18(25)11-24-19(26)17(29-20(24)27)10-14-15(21)4-3-5-16(14)22/h3-10H,2,11H2,1H3,(H,23,25)/b17-10+. The van der Waals surface area contributed by atoms with Crippen molar-refractivity contribution in [2.24, 2.45) is 0 Å². The fraction of sp³-hybridized carbons (Fsp3) is 0.150. The maximum Gasteiger partial charge on any atom is 0.294 e. The number of imide groups is 1. The minimum Gasteiger partial charge on any atom is -0.494 e. The molecule has 1 N–H and O–H groups in total. The molecule has 0 unspecified atom stereocenters. The fourth-order valence-corrected chi connectivity index (χ4v) is 3.89. The summed E-state index contributed by atoms with van der Waals surface area (Å²) in [6, 6.07) is 11.7. The number of carbonyl (C=O) groups excluding carboxylic acids is 3. The van der Waals surface area contributed by atoms with E-state index in [4.69, 9.17) is 27.9 Å². The number of anilines is 1. The van der Waals surface area contributed by atoms with E-state index in [1.54, 1.807) is 42.5 Å². The summed E-state index contributed by atoms with van der Waals surface area (Å²) in [6.45, 7) is 2.02. The molecule has 29 heavy (non-hydrogen) atoms. The van der Waals surface area contributed by atoms with Gasteiger partial charge in [-0.1, -0.05) is 29.3 Å². The summed E-state index contributed by atoms with van der Waals surface area (Å²) in [5, 5.41) is 2.83. The van der Waals surface area contributed by atoms with Crippen LogP contribution in [0.4, 0.5) is 10.5 Å². The number of hydrogen-bond donors (Lipinski definition) is 1. The third-order valence-electron chi connectivity index (χ3n) is 3.90. The number of amides is 3. The summed E-state index contributed by atoms with van der Waals surface area (Å²) in [5.41, 5.74) is 0.976. The van der Waals surface area contributed by atoms with Crippen molar-refractivity contribution in [2.75, 3.05) is 18.5 Å². The van der Waals surface area contributed by atoms with Gasteiger partial charge in [0.05, 0.1) is 11.5 Å². The van der Waals surface area contributed by atoms with E-state index in [-0.39, 0.29) is 4.91 Å². The molecule has 0 aromatic heterocycles. The van der Waals surface area contributed by atoms with E-state index >= 15 is 0 Å². The van der Waals surface area contributed by atoms with Gasteiger partial charge in [0.15, 0.2) is 0 Å². The van der Waals surface area contributed by atoms with Crippen LogP contribution >= 0.6 is 35.0 Å². The topological polar surface area (TPSA) is 75.7 Å². The van der Waals surface area contributed by atoms with Crippen LogP contribution in [-0.4, -0.2) is 35.1 Å². The van der Waals surface area contributed by atoms with Crippen LogP contribution < -0.4 is 10.1 Å². The average molecular weight is 451 g/mol. The van der Waals surface area contributed by atoms with Crippen LogP contribution in [-0.2, 0) is 9.59 Å². The minimum absolute atomic E-state index is 0.152. The molecule has 150 valence electrons. The van der Waals surface area contributed by atoms with Crippen molar-refractivity contribution in [1.29, 1.82) is 0 Å². The molecule has 2 aromatic rings. The van der Waals surface area contributed by atoms with E-state index in [1.807, 2.05) is 6.92 Å². The second-order valence-electron chi connectivity index (χ2n) is 5.91. The molecule has 2 aromatic carbocycles. The summed E-state index contributed by atoms with van der Waals surface area (Å²) < 4.78 is 5.34. The van der Waals surface area contributed by atoms with Crippen LogP contribution in [0.15, 0.2) is 47.4 Å². The van der Waals surface area contributed by atoms with E-state index in [0.717, 1.165) is 16.7 Å². The van der Waals surface area contributed by atoms with Crippen LogP contribution in [0.5, 0.6) is 5.75 Å². The van der Waals surface area contributed by atoms with E-state index in [1.165, 1.54) is 6.08 Å². The fourth-order valence-electron chi connectivity index (χ4n) is 2.56. The molecule has 0 radical (unpaired) electrons. The SMILES string of the molecule is CCOc1ccc(NC(=O)CN2C(=O)S/C(=C/c3c(Cl)cccc3Cl)C2=O)cc1. The first kappa shape index (κ1) is 21.2. The van der Waals surface area contributed by atoms with Gasteiger partial charge in [-0.15, -0.1) is 0 Å². The number of nitrogens with one attached hydrogen (secondary N) is 1. The van der Waals surface area contributed by atoms with E-state index < -0.39 is 23.6 Å². The van der Waals surface area contributed by atoms with Gasteiger partial charge in [0.2, 0.25) is 5.91 Å². The largest absolute Gasteiger partial charge is 0.494 e. The molecule has 6 nitrogen and oxygen atoms in total. The van der Waals surface area contributed by atoms with Gasteiger partial charge in [0, 0.05) is 21.3 Å². The lowest BCUT2D eigenvalue weighted by Crippen LogP contribution is -2.36. The highest BCUT2D eigenvalue weighted by Crippen LogP contribution is 2.35. The predicted molar refractivity (Wildman–Crippen MR) is 115 cm³/mol. The zero-order valence-corrected chi connectivity index (χ0v) is 17.6. The molecular weight excluding hydrogens is 435 g/mol. The molecule has 1 saturated heterocycles. The van der Waals surface area contributed by atoms with Gasteiger partial charge in [0.25, 0.3) is 11.1 Å². The Morgan fingerprint density at radius 1 is 1.14 bits per heavy atom. The van der Waals surface area contributed by atoms with Crippen molar-refractivity contribution in [3.8, 4) is 5.75 Å². The van der Waals surface area contributed by atoms with Crippen molar-refractivity contribution in [3.63, 3.8) is 0 Å². The lowest BCUT2D eigenvalue weighted by Gasteiger charge is -2.12. The highest BCUT2D eigenvalue weighted by Gasteiger charge is 2.36. The highest BCUT2D eigenvalue weighted by molar-refractivity contribution is 8.18. The molecule has 9 heteroatoms. The Bertz CT molecular complexity index is 972. The van der Waals surface area contributed by atoms with E-state index in [9.17, 15) is 14.4 Å². The van der Waals surface area contributed by atoms with E-state index in [0.29, 0.717) is 33.7 Å². The number of thioether (sulfide) groups is 1. The number of rotatable bonds is 6. The zero-order chi connectivity index (χ0) is 21.0. The molecule has 1 aliphatic heterocycles. The number of benzene rings is 2. The average Bonchev–Trinajstić information content (AvgIpc) is 2.94. The molecule has 0 spiro atoms. The Morgan fingerprint density at radius 2 is 1.79 bits per heavy atom. The smallest absolute Gasteiger partial charge is 0.294 e. The first-order chi connectivity index (χ1) is 13.9. The summed E-state index contributed by atoms with van der Waals surface area (Å²) in [5.74, 6) is -0.383. The van der Waals surface area contributed by atoms with Crippen LogP contribution in [0.3, 0.4) is 0 Å². The predicted octanol–water partition coefficient (Wildman–Crippen LogP) is 5.07. The third kappa shape index (κ3) is 5.12. The molecular formula is C20H16Cl2N2O4S. The Labute approximate surface area is 181 Å². The minimum atomic E-state index is -0.571. The third-order valence-corrected chi connectivity index (χ3v) is 5.47. The molecule has 3 amide bonds. The Balaban J connectivity index is 1.68.